The second-order valence-electron chi connectivity index (χ2n) is 9.06. The number of rotatable bonds is 9. The Kier molecular flexibility index (Phi) is 6.92. The Morgan fingerprint density at radius 3 is 2.35 bits per heavy atom. The van der Waals surface area contributed by atoms with Crippen molar-refractivity contribution in [3.8, 4) is 0 Å². The fourth-order valence-corrected chi connectivity index (χ4v) is 5.29. The molecule has 7 heteroatoms. The molecule has 0 unspecified atom stereocenters. The van der Waals surface area contributed by atoms with E-state index < -0.39 is 9.84 Å². The van der Waals surface area contributed by atoms with E-state index in [1.54, 1.807) is 12.1 Å². The molecular weight excluding hydrogens is 410 g/mol. The third kappa shape index (κ3) is 5.83. The SMILES string of the molecule is CCCc1cnc(N2CCC([C@H]3C[C@H]3COCc3ccc(S(C)(=O)=O)cc3)CC2)nc1. The fourth-order valence-electron chi connectivity index (χ4n) is 4.66. The van der Waals surface area contributed by atoms with Gasteiger partial charge in [0, 0.05) is 31.7 Å². The molecule has 2 aromatic rings. The molecule has 1 saturated heterocycles. The van der Waals surface area contributed by atoms with Gasteiger partial charge < -0.3 is 9.64 Å². The lowest BCUT2D eigenvalue weighted by molar-refractivity contribution is 0.104. The maximum atomic E-state index is 11.5. The van der Waals surface area contributed by atoms with Gasteiger partial charge in [-0.2, -0.15) is 0 Å². The van der Waals surface area contributed by atoms with Gasteiger partial charge in [0.15, 0.2) is 9.84 Å². The predicted octanol–water partition coefficient (Wildman–Crippen LogP) is 3.90. The van der Waals surface area contributed by atoms with Crippen LogP contribution in [0.1, 0.15) is 43.7 Å². The Labute approximate surface area is 186 Å². The van der Waals surface area contributed by atoms with Gasteiger partial charge in [-0.3, -0.25) is 0 Å². The van der Waals surface area contributed by atoms with Gasteiger partial charge in [-0.05, 0) is 66.7 Å². The lowest BCUT2D eigenvalue weighted by atomic mass is 9.91. The largest absolute Gasteiger partial charge is 0.376 e. The number of anilines is 1. The quantitative estimate of drug-likeness (QED) is 0.585. The average Bonchev–Trinajstić information content (AvgIpc) is 3.54. The molecule has 2 atom stereocenters. The third-order valence-corrected chi connectivity index (χ3v) is 7.72. The molecule has 1 aromatic heterocycles. The van der Waals surface area contributed by atoms with Gasteiger partial charge in [-0.25, -0.2) is 18.4 Å². The number of aryl methyl sites for hydroxylation is 1. The number of aromatic nitrogens is 2. The first-order valence-corrected chi connectivity index (χ1v) is 13.3. The van der Waals surface area contributed by atoms with Crippen molar-refractivity contribution in [2.45, 2.75) is 50.5 Å². The minimum atomic E-state index is -3.14. The van der Waals surface area contributed by atoms with Crippen molar-refractivity contribution < 1.29 is 13.2 Å². The first kappa shape index (κ1) is 22.2. The van der Waals surface area contributed by atoms with Crippen LogP contribution in [-0.4, -0.2) is 44.3 Å². The normalized spacial score (nSPS) is 21.9. The van der Waals surface area contributed by atoms with E-state index in [9.17, 15) is 8.42 Å². The van der Waals surface area contributed by atoms with Crippen LogP contribution in [0.25, 0.3) is 0 Å². The summed E-state index contributed by atoms with van der Waals surface area (Å²) in [5.74, 6) is 3.09. The summed E-state index contributed by atoms with van der Waals surface area (Å²) >= 11 is 0. The minimum Gasteiger partial charge on any atom is -0.376 e. The Morgan fingerprint density at radius 1 is 1.06 bits per heavy atom. The van der Waals surface area contributed by atoms with Crippen molar-refractivity contribution in [3.63, 3.8) is 0 Å². The molecule has 0 spiro atoms. The van der Waals surface area contributed by atoms with Gasteiger partial charge in [0.25, 0.3) is 0 Å². The van der Waals surface area contributed by atoms with E-state index in [1.807, 2.05) is 24.5 Å². The summed E-state index contributed by atoms with van der Waals surface area (Å²) in [5, 5.41) is 0. The van der Waals surface area contributed by atoms with Crippen LogP contribution in [-0.2, 0) is 27.6 Å². The summed E-state index contributed by atoms with van der Waals surface area (Å²) < 4.78 is 29.0. The molecular formula is C24H33N3O3S. The van der Waals surface area contributed by atoms with Gasteiger partial charge >= 0.3 is 0 Å². The minimum absolute atomic E-state index is 0.354. The first-order valence-electron chi connectivity index (χ1n) is 11.4. The highest BCUT2D eigenvalue weighted by Crippen LogP contribution is 2.48. The van der Waals surface area contributed by atoms with E-state index in [0.29, 0.717) is 17.4 Å². The summed E-state index contributed by atoms with van der Waals surface area (Å²) in [4.78, 5) is 11.8. The maximum Gasteiger partial charge on any atom is 0.225 e. The van der Waals surface area contributed by atoms with Gasteiger partial charge in [-0.15, -0.1) is 0 Å². The zero-order valence-electron chi connectivity index (χ0n) is 18.5. The number of benzene rings is 1. The molecule has 6 nitrogen and oxygen atoms in total. The number of hydrogen-bond acceptors (Lipinski definition) is 6. The van der Waals surface area contributed by atoms with E-state index in [2.05, 4.69) is 21.8 Å². The Balaban J connectivity index is 1.17. The Bertz CT molecular complexity index is 953. The van der Waals surface area contributed by atoms with Crippen LogP contribution in [0.2, 0.25) is 0 Å². The molecule has 2 fully saturated rings. The van der Waals surface area contributed by atoms with Gasteiger partial charge in [0.05, 0.1) is 18.1 Å². The molecule has 2 heterocycles. The number of nitrogens with zero attached hydrogens (tertiary/aromatic N) is 3. The van der Waals surface area contributed by atoms with Crippen LogP contribution in [0.4, 0.5) is 5.95 Å². The van der Waals surface area contributed by atoms with E-state index in [1.165, 1.54) is 31.1 Å². The van der Waals surface area contributed by atoms with Gasteiger partial charge in [0.1, 0.15) is 0 Å². The second kappa shape index (κ2) is 9.65. The zero-order chi connectivity index (χ0) is 21.8. The lowest BCUT2D eigenvalue weighted by Gasteiger charge is -2.32. The van der Waals surface area contributed by atoms with Crippen LogP contribution in [0, 0.1) is 17.8 Å². The summed E-state index contributed by atoms with van der Waals surface area (Å²) in [5.41, 5.74) is 2.23. The van der Waals surface area contributed by atoms with E-state index >= 15 is 0 Å². The molecule has 2 aliphatic rings. The third-order valence-electron chi connectivity index (χ3n) is 6.59. The van der Waals surface area contributed by atoms with Crippen LogP contribution in [0.5, 0.6) is 0 Å². The van der Waals surface area contributed by atoms with E-state index in [0.717, 1.165) is 55.9 Å². The van der Waals surface area contributed by atoms with Gasteiger partial charge in [0.2, 0.25) is 5.95 Å². The summed E-state index contributed by atoms with van der Waals surface area (Å²) in [6.07, 6.45) is 11.0. The Hall–Kier alpha value is -1.99. The Morgan fingerprint density at radius 2 is 1.74 bits per heavy atom. The van der Waals surface area contributed by atoms with Crippen molar-refractivity contribution in [3.05, 3.63) is 47.8 Å². The van der Waals surface area contributed by atoms with Crippen molar-refractivity contribution in [2.75, 3.05) is 30.9 Å². The highest BCUT2D eigenvalue weighted by molar-refractivity contribution is 7.90. The second-order valence-corrected chi connectivity index (χ2v) is 11.1. The van der Waals surface area contributed by atoms with Crippen molar-refractivity contribution >= 4 is 15.8 Å². The maximum absolute atomic E-state index is 11.5. The predicted molar refractivity (Wildman–Crippen MR) is 122 cm³/mol. The number of ether oxygens (including phenoxy) is 1. The zero-order valence-corrected chi connectivity index (χ0v) is 19.4. The van der Waals surface area contributed by atoms with Crippen LogP contribution in [0.3, 0.4) is 0 Å². The molecule has 1 saturated carbocycles. The molecule has 4 rings (SSSR count). The number of sulfone groups is 1. The fraction of sp³-hybridized carbons (Fsp3) is 0.583. The molecule has 0 radical (unpaired) electrons. The van der Waals surface area contributed by atoms with Crippen LogP contribution >= 0.6 is 0 Å². The van der Waals surface area contributed by atoms with Crippen molar-refractivity contribution in [2.24, 2.45) is 17.8 Å². The molecule has 31 heavy (non-hydrogen) atoms. The van der Waals surface area contributed by atoms with Crippen LogP contribution in [0.15, 0.2) is 41.6 Å². The van der Waals surface area contributed by atoms with E-state index in [4.69, 9.17) is 4.74 Å². The molecule has 1 aliphatic heterocycles. The van der Waals surface area contributed by atoms with Crippen molar-refractivity contribution in [1.82, 2.24) is 9.97 Å². The summed E-state index contributed by atoms with van der Waals surface area (Å²) in [6.45, 7) is 5.58. The van der Waals surface area contributed by atoms with Crippen LogP contribution < -0.4 is 4.90 Å². The molecule has 1 aliphatic carbocycles. The molecule has 0 N–H and O–H groups in total. The summed E-state index contributed by atoms with van der Waals surface area (Å²) in [6, 6.07) is 6.99. The summed E-state index contributed by atoms with van der Waals surface area (Å²) in [7, 11) is -3.14. The number of hydrogen-bond donors (Lipinski definition) is 0. The van der Waals surface area contributed by atoms with E-state index in [-0.39, 0.29) is 0 Å². The first-order chi connectivity index (χ1) is 14.9. The molecule has 0 bridgehead atoms. The molecule has 1 aromatic carbocycles. The molecule has 168 valence electrons. The highest BCUT2D eigenvalue weighted by Gasteiger charge is 2.43. The highest BCUT2D eigenvalue weighted by atomic mass is 32.2. The number of piperidine rings is 1. The molecule has 0 amide bonds. The van der Waals surface area contributed by atoms with Crippen molar-refractivity contribution in [1.29, 1.82) is 0 Å². The standard InChI is InChI=1S/C24H33N3O3S/c1-3-4-19-14-25-24(26-15-19)27-11-9-20(10-12-27)23-13-21(23)17-30-16-18-5-7-22(8-6-18)31(2,28)29/h5-8,14-15,20-21,23H,3-4,9-13,16-17H2,1-2H3/t21-,23+/m0/s1. The monoisotopic (exact) mass is 443 g/mol. The lowest BCUT2D eigenvalue weighted by Crippen LogP contribution is -2.35. The average molecular weight is 444 g/mol. The topological polar surface area (TPSA) is 72.4 Å². The van der Waals surface area contributed by atoms with Gasteiger partial charge in [-0.1, -0.05) is 25.5 Å². The smallest absolute Gasteiger partial charge is 0.225 e.